The Bertz CT molecular complexity index is 726. The van der Waals surface area contributed by atoms with Crippen molar-refractivity contribution in [3.63, 3.8) is 0 Å². The number of amides is 1. The van der Waals surface area contributed by atoms with Gasteiger partial charge in [0, 0.05) is 38.0 Å². The van der Waals surface area contributed by atoms with E-state index in [1.807, 2.05) is 0 Å². The molecule has 1 unspecified atom stereocenters. The van der Waals surface area contributed by atoms with Crippen molar-refractivity contribution in [2.24, 2.45) is 0 Å². The first-order valence-electron chi connectivity index (χ1n) is 8.96. The predicted molar refractivity (Wildman–Crippen MR) is 98.0 cm³/mol. The van der Waals surface area contributed by atoms with Crippen LogP contribution in [-0.4, -0.2) is 85.6 Å². The maximum atomic E-state index is 13.7. The van der Waals surface area contributed by atoms with Crippen molar-refractivity contribution >= 4 is 17.7 Å². The smallest absolute Gasteiger partial charge is 0.317 e. The van der Waals surface area contributed by atoms with Crippen molar-refractivity contribution < 1.29 is 33.4 Å². The molecule has 1 aromatic rings. The van der Waals surface area contributed by atoms with Crippen LogP contribution in [0.25, 0.3) is 0 Å². The summed E-state index contributed by atoms with van der Waals surface area (Å²) in [7, 11) is 3.01. The van der Waals surface area contributed by atoms with E-state index in [-0.39, 0.29) is 48.5 Å². The molecule has 9 heteroatoms. The summed E-state index contributed by atoms with van der Waals surface area (Å²) in [5.41, 5.74) is 0.196. The van der Waals surface area contributed by atoms with Crippen LogP contribution in [-0.2, 0) is 14.3 Å². The molecule has 0 saturated carbocycles. The lowest BCUT2D eigenvalue weighted by Crippen LogP contribution is -2.49. The summed E-state index contributed by atoms with van der Waals surface area (Å²) >= 11 is 0. The van der Waals surface area contributed by atoms with E-state index in [2.05, 4.69) is 0 Å². The summed E-state index contributed by atoms with van der Waals surface area (Å²) in [6, 6.07) is 3.96. The number of hydrogen-bond acceptors (Lipinski definition) is 6. The van der Waals surface area contributed by atoms with Gasteiger partial charge in [0.15, 0.2) is 17.3 Å². The van der Waals surface area contributed by atoms with Crippen molar-refractivity contribution in [3.8, 4) is 5.75 Å². The molecule has 154 valence electrons. The molecule has 28 heavy (non-hydrogen) atoms. The van der Waals surface area contributed by atoms with Crippen molar-refractivity contribution in [2.75, 3.05) is 46.9 Å². The summed E-state index contributed by atoms with van der Waals surface area (Å²) < 4.78 is 24.1. The van der Waals surface area contributed by atoms with Gasteiger partial charge in [-0.15, -0.1) is 0 Å². The number of likely N-dealkylation sites (N-methyl/N-ethyl adjacent to an activating group) is 1. The molecule has 0 aliphatic carbocycles. The number of Topliss-reactive ketones (excluding diaryl/α,β-unsaturated/α-hetero) is 1. The Morgan fingerprint density at radius 2 is 2.11 bits per heavy atom. The lowest BCUT2D eigenvalue weighted by atomic mass is 10.1. The molecule has 1 atom stereocenters. The molecule has 1 aromatic carbocycles. The van der Waals surface area contributed by atoms with Gasteiger partial charge in [-0.1, -0.05) is 0 Å². The summed E-state index contributed by atoms with van der Waals surface area (Å²) in [6.45, 7) is 1.40. The van der Waals surface area contributed by atoms with E-state index in [0.717, 1.165) is 6.07 Å². The largest absolute Gasteiger partial charge is 0.494 e. The van der Waals surface area contributed by atoms with Crippen LogP contribution < -0.4 is 4.74 Å². The summed E-state index contributed by atoms with van der Waals surface area (Å²) in [4.78, 5) is 38.6. The number of halogens is 1. The highest BCUT2D eigenvalue weighted by atomic mass is 19.1. The zero-order chi connectivity index (χ0) is 20.7. The third-order valence-electron chi connectivity index (χ3n) is 4.45. The molecule has 1 N–H and O–H groups in total. The van der Waals surface area contributed by atoms with Crippen molar-refractivity contribution in [1.29, 1.82) is 0 Å². The molecule has 1 aliphatic heterocycles. The van der Waals surface area contributed by atoms with Crippen LogP contribution in [0.15, 0.2) is 18.2 Å². The molecule has 1 heterocycles. The minimum Gasteiger partial charge on any atom is -0.494 e. The molecule has 1 aliphatic rings. The van der Waals surface area contributed by atoms with E-state index in [0.29, 0.717) is 26.2 Å². The van der Waals surface area contributed by atoms with Gasteiger partial charge in [-0.2, -0.15) is 0 Å². The number of ether oxygens (including phenoxy) is 2. The second-order valence-corrected chi connectivity index (χ2v) is 6.70. The highest BCUT2D eigenvalue weighted by molar-refractivity contribution is 5.98. The van der Waals surface area contributed by atoms with Gasteiger partial charge in [-0.3, -0.25) is 19.3 Å². The third-order valence-corrected chi connectivity index (χ3v) is 4.45. The number of carboxylic acid groups (broad SMARTS) is 1. The number of carboxylic acids is 1. The number of carbonyl (C=O) groups excluding carboxylic acids is 2. The molecule has 1 fully saturated rings. The second-order valence-electron chi connectivity index (χ2n) is 6.70. The van der Waals surface area contributed by atoms with E-state index in [1.165, 1.54) is 19.2 Å². The van der Waals surface area contributed by atoms with E-state index < -0.39 is 11.8 Å². The Labute approximate surface area is 162 Å². The molecule has 0 spiro atoms. The SMILES string of the molecule is COc1ccc(C(=O)CCC(=O)N2CCOC(CN(C)CC(=O)O)C2)cc1F. The van der Waals surface area contributed by atoms with E-state index in [9.17, 15) is 18.8 Å². The maximum absolute atomic E-state index is 13.7. The molecule has 0 radical (unpaired) electrons. The molecular formula is C19H25FN2O6. The van der Waals surface area contributed by atoms with Gasteiger partial charge < -0.3 is 19.5 Å². The second kappa shape index (κ2) is 10.1. The van der Waals surface area contributed by atoms with Gasteiger partial charge >= 0.3 is 5.97 Å². The topological polar surface area (TPSA) is 96.4 Å². The fraction of sp³-hybridized carbons (Fsp3) is 0.526. The zero-order valence-corrected chi connectivity index (χ0v) is 16.0. The number of aliphatic carboxylic acids is 1. The molecule has 1 saturated heterocycles. The zero-order valence-electron chi connectivity index (χ0n) is 16.0. The molecule has 1 amide bonds. The van der Waals surface area contributed by atoms with Crippen LogP contribution in [0.3, 0.4) is 0 Å². The maximum Gasteiger partial charge on any atom is 0.317 e. The van der Waals surface area contributed by atoms with Crippen molar-refractivity contribution in [3.05, 3.63) is 29.6 Å². The van der Waals surface area contributed by atoms with Crippen LogP contribution in [0.4, 0.5) is 4.39 Å². The van der Waals surface area contributed by atoms with Gasteiger partial charge in [-0.05, 0) is 25.2 Å². The Kier molecular flexibility index (Phi) is 7.89. The van der Waals surface area contributed by atoms with E-state index in [1.54, 1.807) is 16.8 Å². The Morgan fingerprint density at radius 3 is 2.75 bits per heavy atom. The highest BCUT2D eigenvalue weighted by Gasteiger charge is 2.26. The number of nitrogens with zero attached hydrogens (tertiary/aromatic N) is 2. The first kappa shape index (κ1) is 21.8. The average molecular weight is 396 g/mol. The first-order chi connectivity index (χ1) is 13.3. The number of carbonyl (C=O) groups is 3. The van der Waals surface area contributed by atoms with Gasteiger partial charge in [-0.25, -0.2) is 4.39 Å². The van der Waals surface area contributed by atoms with Gasteiger partial charge in [0.25, 0.3) is 0 Å². The standard InChI is InChI=1S/C19H25FN2O6/c1-21(12-19(25)26)10-14-11-22(7-8-28-14)18(24)6-4-16(23)13-3-5-17(27-2)15(20)9-13/h3,5,9,14H,4,6-8,10-12H2,1-2H3,(H,25,26). The fourth-order valence-corrected chi connectivity index (χ4v) is 3.06. The van der Waals surface area contributed by atoms with E-state index in [4.69, 9.17) is 14.6 Å². The van der Waals surface area contributed by atoms with E-state index >= 15 is 0 Å². The molecule has 0 aromatic heterocycles. The van der Waals surface area contributed by atoms with Crippen molar-refractivity contribution in [2.45, 2.75) is 18.9 Å². The Morgan fingerprint density at radius 1 is 1.36 bits per heavy atom. The number of hydrogen-bond donors (Lipinski definition) is 1. The lowest BCUT2D eigenvalue weighted by Gasteiger charge is -2.34. The summed E-state index contributed by atoms with van der Waals surface area (Å²) in [5.74, 6) is -2.00. The van der Waals surface area contributed by atoms with Crippen LogP contribution in [0.2, 0.25) is 0 Å². The van der Waals surface area contributed by atoms with Crippen LogP contribution >= 0.6 is 0 Å². The van der Waals surface area contributed by atoms with Gasteiger partial charge in [0.2, 0.25) is 5.91 Å². The minimum atomic E-state index is -0.931. The molecule has 8 nitrogen and oxygen atoms in total. The lowest BCUT2D eigenvalue weighted by molar-refractivity contribution is -0.142. The fourth-order valence-electron chi connectivity index (χ4n) is 3.06. The predicted octanol–water partition coefficient (Wildman–Crippen LogP) is 1.04. The molecule has 0 bridgehead atoms. The number of morpholine rings is 1. The van der Waals surface area contributed by atoms with Crippen LogP contribution in [0, 0.1) is 5.82 Å². The summed E-state index contributed by atoms with van der Waals surface area (Å²) in [6.07, 6.45) is -0.288. The Hall–Kier alpha value is -2.52. The summed E-state index contributed by atoms with van der Waals surface area (Å²) in [5, 5.41) is 8.81. The van der Waals surface area contributed by atoms with Crippen LogP contribution in [0.5, 0.6) is 5.75 Å². The quantitative estimate of drug-likeness (QED) is 0.623. The normalized spacial score (nSPS) is 16.9. The average Bonchev–Trinajstić information content (AvgIpc) is 2.65. The number of methoxy groups -OCH3 is 1. The Balaban J connectivity index is 1.84. The van der Waals surface area contributed by atoms with Crippen LogP contribution in [0.1, 0.15) is 23.2 Å². The monoisotopic (exact) mass is 396 g/mol. The number of ketones is 1. The van der Waals surface area contributed by atoms with Gasteiger partial charge in [0.05, 0.1) is 26.4 Å². The molecular weight excluding hydrogens is 371 g/mol. The highest BCUT2D eigenvalue weighted by Crippen LogP contribution is 2.19. The molecule has 2 rings (SSSR count). The first-order valence-corrected chi connectivity index (χ1v) is 8.96. The third kappa shape index (κ3) is 6.28. The number of rotatable bonds is 9. The minimum absolute atomic E-state index is 0.0180. The van der Waals surface area contributed by atoms with Gasteiger partial charge in [0.1, 0.15) is 0 Å². The van der Waals surface area contributed by atoms with Crippen molar-refractivity contribution in [1.82, 2.24) is 9.80 Å². The number of benzene rings is 1.